The van der Waals surface area contributed by atoms with Crippen molar-refractivity contribution in [2.75, 3.05) is 32.8 Å². The van der Waals surface area contributed by atoms with E-state index in [-0.39, 0.29) is 11.9 Å². The highest BCUT2D eigenvalue weighted by atomic mass is 16.6. The summed E-state index contributed by atoms with van der Waals surface area (Å²) in [5.74, 6) is 1.69. The molecule has 1 amide bonds. The minimum absolute atomic E-state index is 0.0255. The number of likely N-dealkylation sites (tertiary alicyclic amines) is 1. The lowest BCUT2D eigenvalue weighted by Crippen LogP contribution is -3.13. The first-order chi connectivity index (χ1) is 11.7. The van der Waals surface area contributed by atoms with E-state index in [1.165, 1.54) is 37.0 Å². The molecule has 5 nitrogen and oxygen atoms in total. The summed E-state index contributed by atoms with van der Waals surface area (Å²) in [5.41, 5.74) is 1.05. The topological polar surface area (TPSA) is 52.0 Å². The van der Waals surface area contributed by atoms with Crippen LogP contribution in [0.1, 0.15) is 50.6 Å². The molecule has 1 aromatic rings. The molecule has 2 aliphatic rings. The van der Waals surface area contributed by atoms with E-state index in [0.29, 0.717) is 19.8 Å². The fourth-order valence-electron chi connectivity index (χ4n) is 3.51. The van der Waals surface area contributed by atoms with Gasteiger partial charge in [0.15, 0.2) is 18.0 Å². The summed E-state index contributed by atoms with van der Waals surface area (Å²) < 4.78 is 11.2. The molecule has 2 heterocycles. The van der Waals surface area contributed by atoms with Crippen LogP contribution in [0.2, 0.25) is 0 Å². The van der Waals surface area contributed by atoms with Gasteiger partial charge in [-0.25, -0.2) is 0 Å². The standard InChI is InChI=1S/C19H28N2O3/c1-15(16-7-8-17-18(13-16)24-12-11-23-17)20-19(22)14-21-9-5-3-2-4-6-10-21/h7-8,13,15H,2-6,9-12,14H2,1H3,(H,20,22)/p+1/t15-/m0/s1. The Morgan fingerprint density at radius 3 is 2.50 bits per heavy atom. The third-order valence-electron chi connectivity index (χ3n) is 4.91. The van der Waals surface area contributed by atoms with Crippen LogP contribution in [0.3, 0.4) is 0 Å². The lowest BCUT2D eigenvalue weighted by molar-refractivity contribution is -0.893. The second-order valence-corrected chi connectivity index (χ2v) is 6.89. The van der Waals surface area contributed by atoms with E-state index in [9.17, 15) is 4.79 Å². The minimum atomic E-state index is -0.0255. The summed E-state index contributed by atoms with van der Waals surface area (Å²) >= 11 is 0. The van der Waals surface area contributed by atoms with Crippen molar-refractivity contribution >= 4 is 5.91 Å². The number of carbonyl (C=O) groups is 1. The normalized spacial score (nSPS) is 19.9. The first kappa shape index (κ1) is 17.1. The van der Waals surface area contributed by atoms with E-state index in [1.54, 1.807) is 0 Å². The summed E-state index contributed by atoms with van der Waals surface area (Å²) in [6.07, 6.45) is 6.43. The molecule has 24 heavy (non-hydrogen) atoms. The summed E-state index contributed by atoms with van der Waals surface area (Å²) in [7, 11) is 0. The SMILES string of the molecule is C[C@H](NC(=O)C[NH+]1CCCCCCC1)c1ccc2c(c1)OCCO2. The van der Waals surface area contributed by atoms with Gasteiger partial charge in [-0.3, -0.25) is 4.79 Å². The van der Waals surface area contributed by atoms with Gasteiger partial charge in [0.1, 0.15) is 13.2 Å². The minimum Gasteiger partial charge on any atom is -0.486 e. The molecule has 0 saturated carbocycles. The maximum absolute atomic E-state index is 12.4. The Morgan fingerprint density at radius 1 is 1.08 bits per heavy atom. The van der Waals surface area contributed by atoms with Crippen molar-refractivity contribution in [3.05, 3.63) is 23.8 Å². The first-order valence-corrected chi connectivity index (χ1v) is 9.25. The third kappa shape index (κ3) is 4.63. The van der Waals surface area contributed by atoms with Gasteiger partial charge in [0.25, 0.3) is 5.91 Å². The van der Waals surface area contributed by atoms with E-state index in [1.807, 2.05) is 25.1 Å². The molecule has 5 heteroatoms. The molecule has 1 aromatic carbocycles. The zero-order valence-electron chi connectivity index (χ0n) is 14.6. The molecule has 132 valence electrons. The van der Waals surface area contributed by atoms with Gasteiger partial charge in [-0.15, -0.1) is 0 Å². The van der Waals surface area contributed by atoms with Crippen LogP contribution in [0.5, 0.6) is 11.5 Å². The Labute approximate surface area is 144 Å². The van der Waals surface area contributed by atoms with Gasteiger partial charge in [0.05, 0.1) is 19.1 Å². The smallest absolute Gasteiger partial charge is 0.275 e. The predicted octanol–water partition coefficient (Wildman–Crippen LogP) is 1.48. The van der Waals surface area contributed by atoms with Gasteiger partial charge in [0.2, 0.25) is 0 Å². The van der Waals surface area contributed by atoms with Crippen molar-refractivity contribution in [2.45, 2.75) is 45.1 Å². The Bertz CT molecular complexity index is 554. The Kier molecular flexibility index (Phi) is 5.96. The average Bonchev–Trinajstić information content (AvgIpc) is 2.56. The van der Waals surface area contributed by atoms with Crippen LogP contribution in [0, 0.1) is 0 Å². The number of rotatable bonds is 4. The maximum Gasteiger partial charge on any atom is 0.275 e. The molecule has 2 N–H and O–H groups in total. The summed E-state index contributed by atoms with van der Waals surface area (Å²) in [6.45, 7) is 6.01. The number of benzene rings is 1. The summed E-state index contributed by atoms with van der Waals surface area (Å²) in [6, 6.07) is 5.88. The fourth-order valence-corrected chi connectivity index (χ4v) is 3.51. The number of quaternary nitrogens is 1. The van der Waals surface area contributed by atoms with Crippen molar-refractivity contribution in [2.24, 2.45) is 0 Å². The second kappa shape index (κ2) is 8.38. The van der Waals surface area contributed by atoms with Crippen molar-refractivity contribution in [3.63, 3.8) is 0 Å². The Morgan fingerprint density at radius 2 is 1.75 bits per heavy atom. The number of fused-ring (bicyclic) bond motifs is 1. The molecule has 0 radical (unpaired) electrons. The highest BCUT2D eigenvalue weighted by molar-refractivity contribution is 5.77. The summed E-state index contributed by atoms with van der Waals surface area (Å²) in [4.78, 5) is 13.8. The zero-order valence-corrected chi connectivity index (χ0v) is 14.6. The largest absolute Gasteiger partial charge is 0.486 e. The monoisotopic (exact) mass is 333 g/mol. The molecule has 0 aromatic heterocycles. The Hall–Kier alpha value is -1.75. The number of amides is 1. The van der Waals surface area contributed by atoms with Gasteiger partial charge in [-0.2, -0.15) is 0 Å². The molecule has 2 aliphatic heterocycles. The number of hydrogen-bond donors (Lipinski definition) is 2. The maximum atomic E-state index is 12.4. The van der Waals surface area contributed by atoms with Gasteiger partial charge >= 0.3 is 0 Å². The van der Waals surface area contributed by atoms with Crippen LogP contribution in [-0.4, -0.2) is 38.8 Å². The lowest BCUT2D eigenvalue weighted by atomic mass is 10.1. The fraction of sp³-hybridized carbons (Fsp3) is 0.632. The average molecular weight is 333 g/mol. The van der Waals surface area contributed by atoms with Crippen molar-refractivity contribution in [3.8, 4) is 11.5 Å². The van der Waals surface area contributed by atoms with Crippen molar-refractivity contribution in [1.29, 1.82) is 0 Å². The molecular weight excluding hydrogens is 304 g/mol. The molecule has 1 fully saturated rings. The zero-order chi connectivity index (χ0) is 16.8. The number of nitrogens with one attached hydrogen (secondary N) is 2. The summed E-state index contributed by atoms with van der Waals surface area (Å²) in [5, 5.41) is 3.13. The molecule has 0 spiro atoms. The van der Waals surface area contributed by atoms with Gasteiger partial charge < -0.3 is 19.7 Å². The van der Waals surface area contributed by atoms with Crippen LogP contribution in [0.15, 0.2) is 18.2 Å². The lowest BCUT2D eigenvalue weighted by Gasteiger charge is -2.23. The van der Waals surface area contributed by atoms with E-state index in [2.05, 4.69) is 5.32 Å². The number of hydrogen-bond acceptors (Lipinski definition) is 3. The van der Waals surface area contributed by atoms with Crippen LogP contribution < -0.4 is 19.7 Å². The van der Waals surface area contributed by atoms with Crippen LogP contribution >= 0.6 is 0 Å². The molecule has 3 rings (SSSR count). The van der Waals surface area contributed by atoms with Gasteiger partial charge in [-0.1, -0.05) is 12.5 Å². The van der Waals surface area contributed by atoms with Crippen molar-refractivity contribution < 1.29 is 19.2 Å². The molecule has 0 bridgehead atoms. The van der Waals surface area contributed by atoms with Gasteiger partial charge in [0, 0.05) is 0 Å². The third-order valence-corrected chi connectivity index (χ3v) is 4.91. The van der Waals surface area contributed by atoms with Crippen LogP contribution in [-0.2, 0) is 4.79 Å². The van der Waals surface area contributed by atoms with Gasteiger partial charge in [-0.05, 0) is 50.3 Å². The molecule has 1 saturated heterocycles. The molecule has 0 aliphatic carbocycles. The van der Waals surface area contributed by atoms with E-state index in [0.717, 1.165) is 30.2 Å². The molecular formula is C19H29N2O3+. The van der Waals surface area contributed by atoms with E-state index in [4.69, 9.17) is 9.47 Å². The van der Waals surface area contributed by atoms with E-state index < -0.39 is 0 Å². The highest BCUT2D eigenvalue weighted by Crippen LogP contribution is 2.32. The highest BCUT2D eigenvalue weighted by Gasteiger charge is 2.19. The van der Waals surface area contributed by atoms with Crippen molar-refractivity contribution in [1.82, 2.24) is 5.32 Å². The Balaban J connectivity index is 1.53. The number of carbonyl (C=O) groups excluding carboxylic acids is 1. The predicted molar refractivity (Wildman–Crippen MR) is 92.6 cm³/mol. The first-order valence-electron chi connectivity index (χ1n) is 9.25. The molecule has 0 unspecified atom stereocenters. The quantitative estimate of drug-likeness (QED) is 0.878. The van der Waals surface area contributed by atoms with E-state index >= 15 is 0 Å². The number of ether oxygens (including phenoxy) is 2. The second-order valence-electron chi connectivity index (χ2n) is 6.89. The molecule has 1 atom stereocenters. The van der Waals surface area contributed by atoms with Crippen LogP contribution in [0.25, 0.3) is 0 Å². The van der Waals surface area contributed by atoms with Crippen LogP contribution in [0.4, 0.5) is 0 Å².